The van der Waals surface area contributed by atoms with Gasteiger partial charge in [0.25, 0.3) is 5.56 Å². The minimum atomic E-state index is -1.86. The molecule has 3 N–H and O–H groups in total. The number of carbonyl (C=O) groups is 1. The van der Waals surface area contributed by atoms with Gasteiger partial charge in [-0.15, -0.1) is 0 Å². The zero-order valence-corrected chi connectivity index (χ0v) is 17.6. The Balaban J connectivity index is 1.67. The van der Waals surface area contributed by atoms with Crippen LogP contribution < -0.4 is 20.8 Å². The van der Waals surface area contributed by atoms with E-state index in [2.05, 4.69) is 0 Å². The van der Waals surface area contributed by atoms with Gasteiger partial charge in [-0.1, -0.05) is 6.92 Å². The summed E-state index contributed by atoms with van der Waals surface area (Å²) < 4.78 is 17.8. The van der Waals surface area contributed by atoms with Crippen LogP contribution in [0.4, 0.5) is 0 Å². The fourth-order valence-corrected chi connectivity index (χ4v) is 5.02. The number of hydrogen-bond donors (Lipinski definition) is 2. The highest BCUT2D eigenvalue weighted by molar-refractivity contribution is 5.91. The van der Waals surface area contributed by atoms with Crippen LogP contribution in [0.3, 0.4) is 0 Å². The smallest absolute Gasteiger partial charge is 0.343 e. The Labute approximate surface area is 182 Å². The highest BCUT2D eigenvalue weighted by Gasteiger charge is 2.45. The van der Waals surface area contributed by atoms with Gasteiger partial charge >= 0.3 is 5.97 Å². The molecule has 3 aromatic rings. The summed E-state index contributed by atoms with van der Waals surface area (Å²) in [6, 6.07) is 5.06. The number of hydrogen-bond acceptors (Lipinski definition) is 8. The van der Waals surface area contributed by atoms with Crippen molar-refractivity contribution in [2.24, 2.45) is 5.73 Å². The molecule has 3 aliphatic heterocycles. The normalized spacial score (nSPS) is 21.2. The standard InChI is InChI=1S/C23H21N3O6/c1-3-23(29)14-5-16-20-12(7-26(16)21(27)13(14)8-30-22(23)28)19(10(2)24)11-4-17-18(32-9-31-17)6-15(11)25-20/h4-6,10,29H,3,7-9,24H2,1-2H3/t10-,23+/m1/s1. The van der Waals surface area contributed by atoms with Crippen molar-refractivity contribution in [2.75, 3.05) is 6.79 Å². The van der Waals surface area contributed by atoms with Crippen molar-refractivity contribution >= 4 is 16.9 Å². The molecule has 9 nitrogen and oxygen atoms in total. The van der Waals surface area contributed by atoms with Gasteiger partial charge in [0.1, 0.15) is 6.61 Å². The minimum absolute atomic E-state index is 0.0916. The van der Waals surface area contributed by atoms with E-state index < -0.39 is 11.6 Å². The summed E-state index contributed by atoms with van der Waals surface area (Å²) in [5.41, 5.74) is 8.35. The second kappa shape index (κ2) is 6.30. The fraction of sp³-hybridized carbons (Fsp3) is 0.348. The molecule has 2 atom stereocenters. The van der Waals surface area contributed by atoms with E-state index in [0.717, 1.165) is 16.5 Å². The molecule has 0 saturated heterocycles. The van der Waals surface area contributed by atoms with Gasteiger partial charge in [0.05, 0.1) is 29.0 Å². The average molecular weight is 435 g/mol. The molecule has 164 valence electrons. The summed E-state index contributed by atoms with van der Waals surface area (Å²) in [6.07, 6.45) is 0.0916. The summed E-state index contributed by atoms with van der Waals surface area (Å²) >= 11 is 0. The molecule has 0 fully saturated rings. The third kappa shape index (κ3) is 2.32. The van der Waals surface area contributed by atoms with Crippen molar-refractivity contribution < 1.29 is 24.1 Å². The number of carbonyl (C=O) groups excluding carboxylic acids is 1. The third-order valence-electron chi connectivity index (χ3n) is 6.68. The predicted molar refractivity (Wildman–Crippen MR) is 113 cm³/mol. The first-order chi connectivity index (χ1) is 15.3. The number of aromatic nitrogens is 2. The van der Waals surface area contributed by atoms with Gasteiger partial charge in [-0.2, -0.15) is 0 Å². The van der Waals surface area contributed by atoms with E-state index in [1.807, 2.05) is 19.1 Å². The fourth-order valence-electron chi connectivity index (χ4n) is 5.02. The van der Waals surface area contributed by atoms with Crippen LogP contribution in [0, 0.1) is 0 Å². The van der Waals surface area contributed by atoms with Crippen LogP contribution in [0.25, 0.3) is 22.3 Å². The molecular formula is C23H21N3O6. The SMILES string of the molecule is CC[C@@]1(O)C(=O)OCc2c1cc1n(c2=O)Cc2c-1nc1cc3c(cc1c2[C@@H](C)N)OCO3. The Morgan fingerprint density at radius 3 is 2.66 bits per heavy atom. The monoisotopic (exact) mass is 435 g/mol. The average Bonchev–Trinajstić information content (AvgIpc) is 3.37. The summed E-state index contributed by atoms with van der Waals surface area (Å²) in [4.78, 5) is 30.6. The number of nitrogens with zero attached hydrogens (tertiary/aromatic N) is 2. The van der Waals surface area contributed by atoms with Crippen LogP contribution in [0.15, 0.2) is 23.0 Å². The molecule has 0 unspecified atom stereocenters. The quantitative estimate of drug-likeness (QED) is 0.457. The van der Waals surface area contributed by atoms with Crippen molar-refractivity contribution in [1.29, 1.82) is 0 Å². The molecule has 2 aromatic heterocycles. The maximum absolute atomic E-state index is 13.4. The zero-order valence-electron chi connectivity index (χ0n) is 17.6. The van der Waals surface area contributed by atoms with Gasteiger partial charge in [-0.3, -0.25) is 4.79 Å². The second-order valence-corrected chi connectivity index (χ2v) is 8.47. The minimum Gasteiger partial charge on any atom is -0.458 e. The number of benzene rings is 1. The lowest BCUT2D eigenvalue weighted by atomic mass is 9.86. The van der Waals surface area contributed by atoms with Gasteiger partial charge in [-0.25, -0.2) is 9.78 Å². The number of pyridine rings is 2. The Hall–Kier alpha value is -3.43. The highest BCUT2D eigenvalue weighted by atomic mass is 16.7. The van der Waals surface area contributed by atoms with Crippen LogP contribution in [0.2, 0.25) is 0 Å². The Morgan fingerprint density at radius 2 is 1.94 bits per heavy atom. The largest absolute Gasteiger partial charge is 0.458 e. The summed E-state index contributed by atoms with van der Waals surface area (Å²) in [5, 5.41) is 11.9. The first-order valence-corrected chi connectivity index (χ1v) is 10.5. The van der Waals surface area contributed by atoms with Crippen molar-refractivity contribution in [1.82, 2.24) is 9.55 Å². The summed E-state index contributed by atoms with van der Waals surface area (Å²) in [6.45, 7) is 3.85. The van der Waals surface area contributed by atoms with E-state index in [9.17, 15) is 14.7 Å². The van der Waals surface area contributed by atoms with Crippen molar-refractivity contribution in [3.63, 3.8) is 0 Å². The molecule has 0 amide bonds. The Morgan fingerprint density at radius 1 is 1.19 bits per heavy atom. The lowest BCUT2D eigenvalue weighted by Crippen LogP contribution is -2.44. The lowest BCUT2D eigenvalue weighted by molar-refractivity contribution is -0.172. The van der Waals surface area contributed by atoms with E-state index in [4.69, 9.17) is 24.9 Å². The topological polar surface area (TPSA) is 126 Å². The molecule has 32 heavy (non-hydrogen) atoms. The van der Waals surface area contributed by atoms with Crippen LogP contribution in [-0.2, 0) is 28.3 Å². The van der Waals surface area contributed by atoms with Crippen molar-refractivity contribution in [3.05, 3.63) is 50.8 Å². The van der Waals surface area contributed by atoms with Crippen LogP contribution in [-0.4, -0.2) is 27.4 Å². The Bertz CT molecular complexity index is 1410. The van der Waals surface area contributed by atoms with Gasteiger partial charge in [0, 0.05) is 28.6 Å². The van der Waals surface area contributed by atoms with Gasteiger partial charge < -0.3 is 29.6 Å². The van der Waals surface area contributed by atoms with E-state index in [0.29, 0.717) is 34.9 Å². The van der Waals surface area contributed by atoms with Crippen LogP contribution >= 0.6 is 0 Å². The van der Waals surface area contributed by atoms with Crippen LogP contribution in [0.1, 0.15) is 48.6 Å². The van der Waals surface area contributed by atoms with E-state index in [1.54, 1.807) is 17.6 Å². The number of nitrogens with two attached hydrogens (primary N) is 1. The summed E-state index contributed by atoms with van der Waals surface area (Å²) in [5.74, 6) is 0.489. The van der Waals surface area contributed by atoms with Crippen molar-refractivity contribution in [2.45, 2.75) is 45.1 Å². The Kier molecular flexibility index (Phi) is 3.80. The van der Waals surface area contributed by atoms with E-state index in [-0.39, 0.29) is 42.5 Å². The molecule has 0 bridgehead atoms. The number of aliphatic hydroxyl groups is 1. The molecular weight excluding hydrogens is 414 g/mol. The first kappa shape index (κ1) is 19.3. The molecule has 9 heteroatoms. The third-order valence-corrected chi connectivity index (χ3v) is 6.68. The van der Waals surface area contributed by atoms with Gasteiger partial charge in [0.15, 0.2) is 17.1 Å². The molecule has 3 aliphatic rings. The molecule has 0 saturated carbocycles. The maximum atomic E-state index is 13.4. The molecule has 6 rings (SSSR count). The summed E-state index contributed by atoms with van der Waals surface area (Å²) in [7, 11) is 0. The molecule has 1 aromatic carbocycles. The molecule has 0 spiro atoms. The zero-order chi connectivity index (χ0) is 22.4. The predicted octanol–water partition coefficient (Wildman–Crippen LogP) is 1.83. The second-order valence-electron chi connectivity index (χ2n) is 8.47. The van der Waals surface area contributed by atoms with Gasteiger partial charge in [-0.05, 0) is 31.0 Å². The number of ether oxygens (including phenoxy) is 3. The first-order valence-electron chi connectivity index (χ1n) is 10.5. The van der Waals surface area contributed by atoms with Gasteiger partial charge in [0.2, 0.25) is 6.79 Å². The van der Waals surface area contributed by atoms with Crippen molar-refractivity contribution in [3.8, 4) is 22.9 Å². The maximum Gasteiger partial charge on any atom is 0.343 e. The van der Waals surface area contributed by atoms with Crippen LogP contribution in [0.5, 0.6) is 11.5 Å². The lowest BCUT2D eigenvalue weighted by Gasteiger charge is -2.31. The number of rotatable bonds is 2. The number of cyclic esters (lactones) is 1. The molecule has 0 radical (unpaired) electrons. The number of esters is 1. The molecule has 5 heterocycles. The van der Waals surface area contributed by atoms with E-state index in [1.165, 1.54) is 0 Å². The van der Waals surface area contributed by atoms with E-state index >= 15 is 0 Å². The number of fused-ring (bicyclic) bond motifs is 6. The highest BCUT2D eigenvalue weighted by Crippen LogP contribution is 2.44. The molecule has 0 aliphatic carbocycles.